The second-order valence-corrected chi connectivity index (χ2v) is 4.12. The normalized spacial score (nSPS) is 9.58. The summed E-state index contributed by atoms with van der Waals surface area (Å²) in [6, 6.07) is 11.3. The van der Waals surface area contributed by atoms with E-state index < -0.39 is 0 Å². The molecule has 1 aromatic carbocycles. The Labute approximate surface area is 112 Å². The van der Waals surface area contributed by atoms with Crippen LogP contribution in [0.25, 0.3) is 0 Å². The van der Waals surface area contributed by atoms with Gasteiger partial charge in [-0.15, -0.1) is 0 Å². The lowest BCUT2D eigenvalue weighted by molar-refractivity contribution is -0.111. The van der Waals surface area contributed by atoms with Crippen molar-refractivity contribution in [3.05, 3.63) is 53.5 Å². The van der Waals surface area contributed by atoms with E-state index in [4.69, 9.17) is 9.15 Å². The predicted molar refractivity (Wildman–Crippen MR) is 71.8 cm³/mol. The van der Waals surface area contributed by atoms with Crippen LogP contribution in [-0.2, 0) is 11.4 Å². The quantitative estimate of drug-likeness (QED) is 0.790. The minimum Gasteiger partial charge on any atom is -0.486 e. The van der Waals surface area contributed by atoms with Crippen LogP contribution in [0.2, 0.25) is 0 Å². The lowest BCUT2D eigenvalue weighted by Gasteiger charge is -2.03. The molecular weight excluding hydrogens is 240 g/mol. The highest BCUT2D eigenvalue weighted by molar-refractivity contribution is 5.93. The molecule has 0 amide bonds. The van der Waals surface area contributed by atoms with Crippen LogP contribution in [0, 0.1) is 18.8 Å². The molecule has 1 heterocycles. The number of furan rings is 1. The van der Waals surface area contributed by atoms with Gasteiger partial charge in [0.2, 0.25) is 5.78 Å². The highest BCUT2D eigenvalue weighted by Crippen LogP contribution is 2.17. The molecule has 0 bridgehead atoms. The molecule has 0 aliphatic rings. The fourth-order valence-corrected chi connectivity index (χ4v) is 1.54. The fourth-order valence-electron chi connectivity index (χ4n) is 1.54. The number of aryl methyl sites for hydroxylation is 1. The van der Waals surface area contributed by atoms with Gasteiger partial charge in [-0.25, -0.2) is 0 Å². The van der Waals surface area contributed by atoms with E-state index in [-0.39, 0.29) is 5.78 Å². The average molecular weight is 254 g/mol. The monoisotopic (exact) mass is 254 g/mol. The number of ether oxygens (including phenoxy) is 1. The zero-order chi connectivity index (χ0) is 13.7. The largest absolute Gasteiger partial charge is 0.486 e. The van der Waals surface area contributed by atoms with Gasteiger partial charge in [0.15, 0.2) is 5.76 Å². The van der Waals surface area contributed by atoms with Gasteiger partial charge in [0.1, 0.15) is 18.1 Å². The Morgan fingerprint density at radius 1 is 1.32 bits per heavy atom. The zero-order valence-electron chi connectivity index (χ0n) is 10.9. The van der Waals surface area contributed by atoms with Crippen molar-refractivity contribution in [3.63, 3.8) is 0 Å². The number of rotatable bonds is 3. The molecule has 3 heteroatoms. The van der Waals surface area contributed by atoms with E-state index in [0.29, 0.717) is 12.4 Å². The van der Waals surface area contributed by atoms with Gasteiger partial charge in [0.05, 0.1) is 0 Å². The molecule has 0 aliphatic carbocycles. The number of carbonyl (C=O) groups excluding carboxylic acids is 1. The maximum absolute atomic E-state index is 10.8. The van der Waals surface area contributed by atoms with Crippen molar-refractivity contribution in [2.75, 3.05) is 0 Å². The van der Waals surface area contributed by atoms with Crippen molar-refractivity contribution in [3.8, 4) is 17.6 Å². The molecular formula is C16H14O3. The minimum absolute atomic E-state index is 0.184. The van der Waals surface area contributed by atoms with Crippen molar-refractivity contribution in [2.24, 2.45) is 0 Å². The van der Waals surface area contributed by atoms with Gasteiger partial charge in [-0.1, -0.05) is 18.2 Å². The molecule has 0 spiro atoms. The van der Waals surface area contributed by atoms with Crippen molar-refractivity contribution in [2.45, 2.75) is 20.5 Å². The summed E-state index contributed by atoms with van der Waals surface area (Å²) in [6.45, 7) is 3.69. The molecule has 0 radical (unpaired) electrons. The van der Waals surface area contributed by atoms with Gasteiger partial charge in [-0.2, -0.15) is 0 Å². The van der Waals surface area contributed by atoms with E-state index >= 15 is 0 Å². The molecule has 0 N–H and O–H groups in total. The Bertz CT molecular complexity index is 627. The molecule has 0 aliphatic heterocycles. The topological polar surface area (TPSA) is 39.4 Å². The first kappa shape index (κ1) is 13.0. The number of carbonyl (C=O) groups is 1. The standard InChI is InChI=1S/C16H14O3/c1-12-10-15(9-8-13(2)17)19-16(12)11-18-14-6-4-3-5-7-14/h3-7,10H,11H2,1-2H3. The fraction of sp³-hybridized carbons (Fsp3) is 0.188. The molecule has 96 valence electrons. The van der Waals surface area contributed by atoms with E-state index in [0.717, 1.165) is 17.1 Å². The SMILES string of the molecule is CC(=O)C#Cc1cc(C)c(COc2ccccc2)o1. The van der Waals surface area contributed by atoms with Crippen molar-refractivity contribution in [1.82, 2.24) is 0 Å². The summed E-state index contributed by atoms with van der Waals surface area (Å²) in [5.41, 5.74) is 0.962. The molecule has 3 nitrogen and oxygen atoms in total. The molecule has 0 saturated carbocycles. The van der Waals surface area contributed by atoms with Gasteiger partial charge in [-0.05, 0) is 42.5 Å². The number of benzene rings is 1. The van der Waals surface area contributed by atoms with Crippen molar-refractivity contribution in [1.29, 1.82) is 0 Å². The summed E-state index contributed by atoms with van der Waals surface area (Å²) < 4.78 is 11.1. The summed E-state index contributed by atoms with van der Waals surface area (Å²) >= 11 is 0. The van der Waals surface area contributed by atoms with E-state index in [1.807, 2.05) is 37.3 Å². The highest BCUT2D eigenvalue weighted by Gasteiger charge is 2.07. The number of para-hydroxylation sites is 1. The molecule has 0 fully saturated rings. The Hall–Kier alpha value is -2.47. The third-order valence-corrected chi connectivity index (χ3v) is 2.50. The van der Waals surface area contributed by atoms with E-state index in [1.165, 1.54) is 6.92 Å². The van der Waals surface area contributed by atoms with Crippen LogP contribution >= 0.6 is 0 Å². The molecule has 0 unspecified atom stereocenters. The maximum Gasteiger partial charge on any atom is 0.202 e. The van der Waals surface area contributed by atoms with Gasteiger partial charge < -0.3 is 9.15 Å². The first-order valence-electron chi connectivity index (χ1n) is 5.95. The molecule has 1 aromatic heterocycles. The molecule has 0 atom stereocenters. The van der Waals surface area contributed by atoms with Gasteiger partial charge in [0, 0.05) is 6.92 Å². The van der Waals surface area contributed by atoms with Crippen LogP contribution in [0.4, 0.5) is 0 Å². The van der Waals surface area contributed by atoms with E-state index in [2.05, 4.69) is 11.8 Å². The third-order valence-electron chi connectivity index (χ3n) is 2.50. The highest BCUT2D eigenvalue weighted by atomic mass is 16.5. The first-order chi connectivity index (χ1) is 9.15. The molecule has 0 saturated heterocycles. The first-order valence-corrected chi connectivity index (χ1v) is 5.95. The zero-order valence-corrected chi connectivity index (χ0v) is 10.9. The second kappa shape index (κ2) is 5.92. The van der Waals surface area contributed by atoms with Crippen LogP contribution in [0.5, 0.6) is 5.75 Å². The Kier molecular flexibility index (Phi) is 4.04. The predicted octanol–water partition coefficient (Wildman–Crippen LogP) is 3.11. The summed E-state index contributed by atoms with van der Waals surface area (Å²) in [4.78, 5) is 10.8. The Morgan fingerprint density at radius 2 is 2.05 bits per heavy atom. The number of hydrogen-bond donors (Lipinski definition) is 0. The van der Waals surface area contributed by atoms with Gasteiger partial charge in [-0.3, -0.25) is 4.79 Å². The summed E-state index contributed by atoms with van der Waals surface area (Å²) in [5, 5.41) is 0. The van der Waals surface area contributed by atoms with Crippen LogP contribution in [0.1, 0.15) is 24.0 Å². The summed E-state index contributed by atoms with van der Waals surface area (Å²) in [7, 11) is 0. The number of hydrogen-bond acceptors (Lipinski definition) is 3. The molecule has 2 rings (SSSR count). The lowest BCUT2D eigenvalue weighted by atomic mass is 10.2. The van der Waals surface area contributed by atoms with Crippen LogP contribution in [-0.4, -0.2) is 5.78 Å². The van der Waals surface area contributed by atoms with Crippen LogP contribution < -0.4 is 4.74 Å². The smallest absolute Gasteiger partial charge is 0.202 e. The summed E-state index contributed by atoms with van der Waals surface area (Å²) in [6.07, 6.45) is 0. The number of ketones is 1. The third kappa shape index (κ3) is 3.75. The van der Waals surface area contributed by atoms with Crippen molar-refractivity contribution < 1.29 is 13.9 Å². The van der Waals surface area contributed by atoms with Gasteiger partial charge in [0.25, 0.3) is 0 Å². The molecule has 2 aromatic rings. The maximum atomic E-state index is 10.8. The molecule has 19 heavy (non-hydrogen) atoms. The van der Waals surface area contributed by atoms with Crippen LogP contribution in [0.3, 0.4) is 0 Å². The van der Waals surface area contributed by atoms with E-state index in [9.17, 15) is 4.79 Å². The average Bonchev–Trinajstić information content (AvgIpc) is 2.76. The lowest BCUT2D eigenvalue weighted by Crippen LogP contribution is -1.94. The van der Waals surface area contributed by atoms with Crippen molar-refractivity contribution >= 4 is 5.78 Å². The van der Waals surface area contributed by atoms with Crippen LogP contribution in [0.15, 0.2) is 40.8 Å². The van der Waals surface area contributed by atoms with E-state index in [1.54, 1.807) is 6.07 Å². The summed E-state index contributed by atoms with van der Waals surface area (Å²) in [5.74, 6) is 6.94. The minimum atomic E-state index is -0.184. The Balaban J connectivity index is 2.06. The number of Topliss-reactive ketones (excluding diaryl/α,β-unsaturated/α-hetero) is 1. The Morgan fingerprint density at radius 3 is 2.74 bits per heavy atom. The van der Waals surface area contributed by atoms with Gasteiger partial charge >= 0.3 is 0 Å². The second-order valence-electron chi connectivity index (χ2n) is 4.12.